The molecule has 3 heteroatoms. The summed E-state index contributed by atoms with van der Waals surface area (Å²) in [6.07, 6.45) is 8.49. The minimum Gasteiger partial charge on any atom is -0.375 e. The molecule has 4 atom stereocenters. The van der Waals surface area contributed by atoms with Crippen molar-refractivity contribution in [2.45, 2.75) is 70.6 Å². The zero-order valence-corrected chi connectivity index (χ0v) is 13.5. The molecular formula is C17H27NOS. The molecule has 4 unspecified atom stereocenters. The first kappa shape index (κ1) is 14.6. The van der Waals surface area contributed by atoms with Crippen LogP contribution < -0.4 is 5.32 Å². The van der Waals surface area contributed by atoms with Gasteiger partial charge in [-0.05, 0) is 57.2 Å². The van der Waals surface area contributed by atoms with Crippen molar-refractivity contribution in [3.63, 3.8) is 0 Å². The van der Waals surface area contributed by atoms with Gasteiger partial charge in [-0.25, -0.2) is 0 Å². The summed E-state index contributed by atoms with van der Waals surface area (Å²) in [5.74, 6) is 0.729. The van der Waals surface area contributed by atoms with Gasteiger partial charge in [0.1, 0.15) is 0 Å². The Morgan fingerprint density at radius 2 is 2.15 bits per heavy atom. The highest BCUT2D eigenvalue weighted by atomic mass is 32.1. The minimum absolute atomic E-state index is 0.528. The van der Waals surface area contributed by atoms with Gasteiger partial charge in [-0.3, -0.25) is 0 Å². The molecule has 0 radical (unpaired) electrons. The van der Waals surface area contributed by atoms with E-state index < -0.39 is 0 Å². The molecule has 2 aliphatic rings. The normalized spacial score (nSPS) is 30.0. The number of hydrogen-bond donors (Lipinski definition) is 1. The molecule has 1 aromatic rings. The van der Waals surface area contributed by atoms with Gasteiger partial charge in [0.05, 0.1) is 12.2 Å². The predicted octanol–water partition coefficient (Wildman–Crippen LogP) is 3.79. The smallest absolute Gasteiger partial charge is 0.0623 e. The van der Waals surface area contributed by atoms with E-state index in [1.54, 1.807) is 4.88 Å². The van der Waals surface area contributed by atoms with Crippen LogP contribution in [0.15, 0.2) is 12.1 Å². The summed E-state index contributed by atoms with van der Waals surface area (Å²) in [5.41, 5.74) is 0. The Labute approximate surface area is 126 Å². The first-order valence-corrected chi connectivity index (χ1v) is 9.08. The fourth-order valence-electron chi connectivity index (χ4n) is 3.74. The second-order valence-corrected chi connectivity index (χ2v) is 7.51. The summed E-state index contributed by atoms with van der Waals surface area (Å²) < 4.78 is 6.07. The van der Waals surface area contributed by atoms with Crippen LogP contribution in [-0.4, -0.2) is 24.8 Å². The topological polar surface area (TPSA) is 21.3 Å². The molecule has 2 saturated heterocycles. The maximum absolute atomic E-state index is 6.07. The SMILES string of the molecule is CCCNC(Cc1ccc(CC)s1)C1CC2CCC1O2. The lowest BCUT2D eigenvalue weighted by Crippen LogP contribution is -2.42. The summed E-state index contributed by atoms with van der Waals surface area (Å²) in [4.78, 5) is 3.05. The van der Waals surface area contributed by atoms with Gasteiger partial charge in [-0.15, -0.1) is 11.3 Å². The maximum Gasteiger partial charge on any atom is 0.0623 e. The van der Waals surface area contributed by atoms with E-state index in [0.717, 1.165) is 18.9 Å². The van der Waals surface area contributed by atoms with Crippen molar-refractivity contribution in [2.75, 3.05) is 6.54 Å². The lowest BCUT2D eigenvalue weighted by Gasteiger charge is -2.29. The Bertz CT molecular complexity index is 430. The molecule has 0 spiro atoms. The lowest BCUT2D eigenvalue weighted by atomic mass is 9.82. The third-order valence-corrected chi connectivity index (χ3v) is 6.07. The van der Waals surface area contributed by atoms with Crippen molar-refractivity contribution in [3.8, 4) is 0 Å². The van der Waals surface area contributed by atoms with Gasteiger partial charge in [0, 0.05) is 21.7 Å². The number of fused-ring (bicyclic) bond motifs is 2. The van der Waals surface area contributed by atoms with E-state index in [0.29, 0.717) is 18.2 Å². The Kier molecular flexibility index (Phi) is 4.79. The summed E-state index contributed by atoms with van der Waals surface area (Å²) >= 11 is 1.99. The highest BCUT2D eigenvalue weighted by Crippen LogP contribution is 2.41. The fraction of sp³-hybridized carbons (Fsp3) is 0.765. The zero-order chi connectivity index (χ0) is 13.9. The molecule has 3 rings (SSSR count). The van der Waals surface area contributed by atoms with Crippen LogP contribution in [0.2, 0.25) is 0 Å². The first-order chi connectivity index (χ1) is 9.80. The van der Waals surface area contributed by atoms with Crippen molar-refractivity contribution < 1.29 is 4.74 Å². The number of hydrogen-bond acceptors (Lipinski definition) is 3. The Morgan fingerprint density at radius 3 is 2.75 bits per heavy atom. The van der Waals surface area contributed by atoms with Crippen LogP contribution in [0, 0.1) is 5.92 Å². The monoisotopic (exact) mass is 293 g/mol. The molecule has 2 fully saturated rings. The van der Waals surface area contributed by atoms with E-state index >= 15 is 0 Å². The molecule has 0 aliphatic carbocycles. The van der Waals surface area contributed by atoms with Crippen molar-refractivity contribution in [1.82, 2.24) is 5.32 Å². The number of thiophene rings is 1. The fourth-order valence-corrected chi connectivity index (χ4v) is 4.76. The Hall–Kier alpha value is -0.380. The number of nitrogens with one attached hydrogen (secondary N) is 1. The van der Waals surface area contributed by atoms with Gasteiger partial charge in [-0.2, -0.15) is 0 Å². The number of aryl methyl sites for hydroxylation is 1. The lowest BCUT2D eigenvalue weighted by molar-refractivity contribution is 0.0858. The molecule has 1 aromatic heterocycles. The van der Waals surface area contributed by atoms with Gasteiger partial charge in [0.2, 0.25) is 0 Å². The Balaban J connectivity index is 1.66. The average molecular weight is 293 g/mol. The van der Waals surface area contributed by atoms with Gasteiger partial charge in [-0.1, -0.05) is 13.8 Å². The van der Waals surface area contributed by atoms with Gasteiger partial charge in [0.15, 0.2) is 0 Å². The number of rotatable bonds is 7. The third-order valence-electron chi connectivity index (χ3n) is 4.81. The maximum atomic E-state index is 6.07. The van der Waals surface area contributed by atoms with E-state index in [-0.39, 0.29) is 0 Å². The summed E-state index contributed by atoms with van der Waals surface area (Å²) in [7, 11) is 0. The van der Waals surface area contributed by atoms with Gasteiger partial charge < -0.3 is 10.1 Å². The molecule has 2 aliphatic heterocycles. The van der Waals surface area contributed by atoms with Crippen LogP contribution in [0.1, 0.15) is 49.3 Å². The van der Waals surface area contributed by atoms with Crippen molar-refractivity contribution in [2.24, 2.45) is 5.92 Å². The molecular weight excluding hydrogens is 266 g/mol. The minimum atomic E-state index is 0.528. The summed E-state index contributed by atoms with van der Waals surface area (Å²) in [5, 5.41) is 3.80. The van der Waals surface area contributed by atoms with E-state index in [9.17, 15) is 0 Å². The van der Waals surface area contributed by atoms with Crippen LogP contribution in [0.5, 0.6) is 0 Å². The molecule has 0 saturated carbocycles. The largest absolute Gasteiger partial charge is 0.375 e. The molecule has 20 heavy (non-hydrogen) atoms. The summed E-state index contributed by atoms with van der Waals surface area (Å²) in [6.45, 7) is 5.62. The van der Waals surface area contributed by atoms with Gasteiger partial charge >= 0.3 is 0 Å². The van der Waals surface area contributed by atoms with Crippen molar-refractivity contribution >= 4 is 11.3 Å². The van der Waals surface area contributed by atoms with E-state index in [2.05, 4.69) is 31.3 Å². The molecule has 2 nitrogen and oxygen atoms in total. The van der Waals surface area contributed by atoms with Crippen molar-refractivity contribution in [1.29, 1.82) is 0 Å². The highest BCUT2D eigenvalue weighted by molar-refractivity contribution is 7.11. The summed E-state index contributed by atoms with van der Waals surface area (Å²) in [6, 6.07) is 5.24. The number of ether oxygens (including phenoxy) is 1. The van der Waals surface area contributed by atoms with E-state index in [1.165, 1.54) is 37.0 Å². The molecule has 1 N–H and O–H groups in total. The molecule has 2 bridgehead atoms. The third kappa shape index (κ3) is 3.10. The predicted molar refractivity (Wildman–Crippen MR) is 85.5 cm³/mol. The first-order valence-electron chi connectivity index (χ1n) is 8.26. The van der Waals surface area contributed by atoms with E-state index in [4.69, 9.17) is 4.74 Å². The standard InChI is InChI=1S/C17H27NOS/c1-3-9-18-16(11-14-7-6-13(4-2)20-14)15-10-12-5-8-17(15)19-12/h6-7,12,15-18H,3-5,8-11H2,1-2H3. The second kappa shape index (κ2) is 6.59. The quantitative estimate of drug-likeness (QED) is 0.826. The van der Waals surface area contributed by atoms with Crippen LogP contribution >= 0.6 is 11.3 Å². The molecule has 0 aromatic carbocycles. The second-order valence-electron chi connectivity index (χ2n) is 6.26. The average Bonchev–Trinajstić information content (AvgIpc) is 3.18. The molecule has 0 amide bonds. The van der Waals surface area contributed by atoms with Gasteiger partial charge in [0.25, 0.3) is 0 Å². The zero-order valence-electron chi connectivity index (χ0n) is 12.7. The van der Waals surface area contributed by atoms with Crippen LogP contribution in [0.25, 0.3) is 0 Å². The van der Waals surface area contributed by atoms with Crippen LogP contribution in [0.4, 0.5) is 0 Å². The van der Waals surface area contributed by atoms with Crippen molar-refractivity contribution in [3.05, 3.63) is 21.9 Å². The molecule has 3 heterocycles. The van der Waals surface area contributed by atoms with E-state index in [1.807, 2.05) is 11.3 Å². The van der Waals surface area contributed by atoms with Crippen LogP contribution in [-0.2, 0) is 17.6 Å². The van der Waals surface area contributed by atoms with Crippen LogP contribution in [0.3, 0.4) is 0 Å². The highest BCUT2D eigenvalue weighted by Gasteiger charge is 2.44. The molecule has 112 valence electrons. The Morgan fingerprint density at radius 1 is 1.30 bits per heavy atom.